The molecule has 0 bridgehead atoms. The van der Waals surface area contributed by atoms with Crippen LogP contribution < -0.4 is 20.7 Å². The molecule has 1 fully saturated rings. The number of rotatable bonds is 5. The van der Waals surface area contributed by atoms with Crippen molar-refractivity contribution in [2.24, 2.45) is 0 Å². The molecule has 2 amide bonds. The van der Waals surface area contributed by atoms with E-state index in [1.54, 1.807) is 54.3 Å². The van der Waals surface area contributed by atoms with Gasteiger partial charge in [-0.15, -0.1) is 0 Å². The Kier molecular flexibility index (Phi) is 4.84. The molecule has 1 aliphatic rings. The summed E-state index contributed by atoms with van der Waals surface area (Å²) in [5.74, 6) is -0.406. The summed E-state index contributed by atoms with van der Waals surface area (Å²) in [7, 11) is 1.52. The van der Waals surface area contributed by atoms with E-state index in [0.29, 0.717) is 41.2 Å². The maximum absolute atomic E-state index is 12.8. The number of methoxy groups -OCH3 is 1. The lowest BCUT2D eigenvalue weighted by atomic mass is 10.2. The summed E-state index contributed by atoms with van der Waals surface area (Å²) in [5.41, 5.74) is 2.17. The zero-order valence-corrected chi connectivity index (χ0v) is 16.2. The fourth-order valence-electron chi connectivity index (χ4n) is 3.60. The molecule has 1 saturated heterocycles. The highest BCUT2D eigenvalue weighted by Gasteiger charge is 2.25. The van der Waals surface area contributed by atoms with Gasteiger partial charge in [0.25, 0.3) is 0 Å². The fraction of sp³-hybridized carbons (Fsp3) is 0.286. The first-order chi connectivity index (χ1) is 14.0. The van der Waals surface area contributed by atoms with Crippen molar-refractivity contribution in [1.29, 1.82) is 0 Å². The average Bonchev–Trinajstić information content (AvgIpc) is 3.29. The van der Waals surface area contributed by atoms with Crippen molar-refractivity contribution in [3.05, 3.63) is 53.0 Å². The predicted molar refractivity (Wildman–Crippen MR) is 108 cm³/mol. The molecule has 0 spiro atoms. The third kappa shape index (κ3) is 3.37. The molecule has 2 aromatic carbocycles. The van der Waals surface area contributed by atoms with Crippen LogP contribution in [-0.4, -0.2) is 30.0 Å². The number of oxazole rings is 1. The quantitative estimate of drug-likeness (QED) is 0.717. The topological polar surface area (TPSA) is 93.8 Å². The normalized spacial score (nSPS) is 15.0. The molecule has 0 unspecified atom stereocenters. The van der Waals surface area contributed by atoms with Crippen LogP contribution >= 0.6 is 0 Å². The first-order valence-corrected chi connectivity index (χ1v) is 9.39. The van der Waals surface area contributed by atoms with Gasteiger partial charge in [-0.3, -0.25) is 14.2 Å². The van der Waals surface area contributed by atoms with Gasteiger partial charge in [0.15, 0.2) is 5.58 Å². The lowest BCUT2D eigenvalue weighted by Crippen LogP contribution is -2.29. The largest absolute Gasteiger partial charge is 0.494 e. The second-order valence-corrected chi connectivity index (χ2v) is 6.91. The van der Waals surface area contributed by atoms with Crippen LogP contribution in [0.15, 0.2) is 51.7 Å². The van der Waals surface area contributed by atoms with E-state index in [9.17, 15) is 14.4 Å². The van der Waals surface area contributed by atoms with Crippen molar-refractivity contribution in [3.63, 3.8) is 0 Å². The molecule has 8 heteroatoms. The highest BCUT2D eigenvalue weighted by Crippen LogP contribution is 2.34. The second kappa shape index (κ2) is 7.46. The standard InChI is InChI=1S/C21H21N3O5/c1-13(24-16-6-3-4-7-17(16)29-21(24)27)20(26)22-14-9-10-15(18(12-14)28-2)23-11-5-8-19(23)25/h3-4,6-7,9-10,12-13H,5,8,11H2,1-2H3,(H,22,26)/t13-/m1/s1. The van der Waals surface area contributed by atoms with Crippen molar-refractivity contribution >= 4 is 34.3 Å². The van der Waals surface area contributed by atoms with Crippen molar-refractivity contribution < 1.29 is 18.7 Å². The van der Waals surface area contributed by atoms with Crippen molar-refractivity contribution in [2.75, 3.05) is 23.9 Å². The van der Waals surface area contributed by atoms with Crippen LogP contribution in [0.3, 0.4) is 0 Å². The lowest BCUT2D eigenvalue weighted by molar-refractivity contribution is -0.119. The monoisotopic (exact) mass is 395 g/mol. The minimum absolute atomic E-state index is 0.0555. The SMILES string of the molecule is COc1cc(NC(=O)[C@@H](C)n2c(=O)oc3ccccc32)ccc1N1CCCC1=O. The Balaban J connectivity index is 1.58. The molecule has 1 atom stereocenters. The van der Waals surface area contributed by atoms with E-state index in [1.807, 2.05) is 0 Å². The number of hydrogen-bond acceptors (Lipinski definition) is 5. The van der Waals surface area contributed by atoms with Gasteiger partial charge in [0.05, 0.1) is 18.3 Å². The molecule has 29 heavy (non-hydrogen) atoms. The molecule has 1 aliphatic heterocycles. The maximum Gasteiger partial charge on any atom is 0.420 e. The summed E-state index contributed by atoms with van der Waals surface area (Å²) in [4.78, 5) is 38.7. The van der Waals surface area contributed by atoms with Crippen LogP contribution in [0, 0.1) is 0 Å². The molecular formula is C21H21N3O5. The van der Waals surface area contributed by atoms with Crippen molar-refractivity contribution in [1.82, 2.24) is 4.57 Å². The number of para-hydroxylation sites is 2. The summed E-state index contributed by atoms with van der Waals surface area (Å²) < 4.78 is 12.0. The molecule has 2 heterocycles. The average molecular weight is 395 g/mol. The van der Waals surface area contributed by atoms with Crippen LogP contribution in [0.2, 0.25) is 0 Å². The highest BCUT2D eigenvalue weighted by atomic mass is 16.5. The summed E-state index contributed by atoms with van der Waals surface area (Å²) in [5, 5.41) is 2.80. The van der Waals surface area contributed by atoms with Crippen molar-refractivity contribution in [2.45, 2.75) is 25.8 Å². The molecule has 0 aliphatic carbocycles. The molecule has 8 nitrogen and oxygen atoms in total. The summed E-state index contributed by atoms with van der Waals surface area (Å²) in [6.45, 7) is 2.28. The first kappa shape index (κ1) is 18.8. The summed E-state index contributed by atoms with van der Waals surface area (Å²) >= 11 is 0. The number of ether oxygens (including phenoxy) is 1. The second-order valence-electron chi connectivity index (χ2n) is 6.91. The number of benzene rings is 2. The van der Waals surface area contributed by atoms with Gasteiger partial charge in [-0.1, -0.05) is 12.1 Å². The molecular weight excluding hydrogens is 374 g/mol. The first-order valence-electron chi connectivity index (χ1n) is 9.39. The predicted octanol–water partition coefficient (Wildman–Crippen LogP) is 2.93. The number of fused-ring (bicyclic) bond motifs is 1. The molecule has 0 radical (unpaired) electrons. The lowest BCUT2D eigenvalue weighted by Gasteiger charge is -2.20. The van der Waals surface area contributed by atoms with Gasteiger partial charge in [0.2, 0.25) is 11.8 Å². The van der Waals surface area contributed by atoms with E-state index in [4.69, 9.17) is 9.15 Å². The van der Waals surface area contributed by atoms with Crippen LogP contribution in [0.1, 0.15) is 25.8 Å². The smallest absolute Gasteiger partial charge is 0.420 e. The number of anilines is 2. The zero-order valence-electron chi connectivity index (χ0n) is 16.2. The Morgan fingerprint density at radius 2 is 2.00 bits per heavy atom. The molecule has 1 aromatic heterocycles. The van der Waals surface area contributed by atoms with Crippen LogP contribution in [0.5, 0.6) is 5.75 Å². The molecule has 3 aromatic rings. The Labute approximate surface area is 166 Å². The van der Waals surface area contributed by atoms with Gasteiger partial charge in [-0.2, -0.15) is 0 Å². The van der Waals surface area contributed by atoms with Gasteiger partial charge in [-0.25, -0.2) is 4.79 Å². The third-order valence-electron chi connectivity index (χ3n) is 5.10. The fourth-order valence-corrected chi connectivity index (χ4v) is 3.60. The van der Waals surface area contributed by atoms with Gasteiger partial charge < -0.3 is 19.4 Å². The summed E-state index contributed by atoms with van der Waals surface area (Å²) in [6, 6.07) is 11.3. The van der Waals surface area contributed by atoms with Crippen LogP contribution in [0.25, 0.3) is 11.1 Å². The molecule has 4 rings (SSSR count). The maximum atomic E-state index is 12.8. The van der Waals surface area contributed by atoms with Gasteiger partial charge >= 0.3 is 5.76 Å². The Bertz CT molecular complexity index is 1150. The minimum atomic E-state index is -0.781. The number of carbonyl (C=O) groups is 2. The van der Waals surface area contributed by atoms with E-state index < -0.39 is 11.8 Å². The minimum Gasteiger partial charge on any atom is -0.494 e. The summed E-state index contributed by atoms with van der Waals surface area (Å²) in [6.07, 6.45) is 1.33. The van der Waals surface area contributed by atoms with E-state index in [1.165, 1.54) is 11.7 Å². The number of nitrogens with zero attached hydrogens (tertiary/aromatic N) is 2. The number of amides is 2. The number of hydrogen-bond donors (Lipinski definition) is 1. The molecule has 0 saturated carbocycles. The highest BCUT2D eigenvalue weighted by molar-refractivity contribution is 5.98. The van der Waals surface area contributed by atoms with E-state index >= 15 is 0 Å². The Hall–Kier alpha value is -3.55. The van der Waals surface area contributed by atoms with E-state index in [0.717, 1.165) is 6.42 Å². The number of nitrogens with one attached hydrogen (secondary N) is 1. The van der Waals surface area contributed by atoms with Gasteiger partial charge in [-0.05, 0) is 37.6 Å². The number of carbonyl (C=O) groups excluding carboxylic acids is 2. The van der Waals surface area contributed by atoms with Crippen LogP contribution in [0.4, 0.5) is 11.4 Å². The molecule has 1 N–H and O–H groups in total. The van der Waals surface area contributed by atoms with Gasteiger partial charge in [0.1, 0.15) is 11.8 Å². The zero-order chi connectivity index (χ0) is 20.5. The molecule has 150 valence electrons. The Morgan fingerprint density at radius 1 is 1.21 bits per heavy atom. The van der Waals surface area contributed by atoms with E-state index in [2.05, 4.69) is 5.32 Å². The third-order valence-corrected chi connectivity index (χ3v) is 5.10. The van der Waals surface area contributed by atoms with E-state index in [-0.39, 0.29) is 11.8 Å². The number of aromatic nitrogens is 1. The van der Waals surface area contributed by atoms with Crippen molar-refractivity contribution in [3.8, 4) is 5.75 Å². The Morgan fingerprint density at radius 3 is 2.72 bits per heavy atom. The van der Waals surface area contributed by atoms with Crippen LogP contribution in [-0.2, 0) is 9.59 Å². The van der Waals surface area contributed by atoms with Gasteiger partial charge in [0, 0.05) is 24.7 Å².